The lowest BCUT2D eigenvalue weighted by molar-refractivity contribution is -0.146. The molecule has 0 spiro atoms. The van der Waals surface area contributed by atoms with Crippen LogP contribution in [0.25, 0.3) is 0 Å². The number of esters is 1. The van der Waals surface area contributed by atoms with Gasteiger partial charge in [-0.15, -0.1) is 0 Å². The molecule has 0 aromatic rings. The van der Waals surface area contributed by atoms with Crippen molar-refractivity contribution in [1.82, 2.24) is 10.2 Å². The van der Waals surface area contributed by atoms with Gasteiger partial charge in [0.15, 0.2) is 9.84 Å². The average Bonchev–Trinajstić information content (AvgIpc) is 2.41. The summed E-state index contributed by atoms with van der Waals surface area (Å²) in [7, 11) is -1.80. The number of nitrogens with zero attached hydrogens (tertiary/aromatic N) is 1. The standard InChI is InChI=1S/C12H22N2O4S/c1-18-12(15)11-9-19(16,17)7-6-14(11)8-10-2-4-13-5-3-10/h10-11,13H,2-9H2,1H3/t11-/m0/s1. The van der Waals surface area contributed by atoms with Crippen molar-refractivity contribution in [2.45, 2.75) is 18.9 Å². The SMILES string of the molecule is COC(=O)[C@@H]1CS(=O)(=O)CCN1CC1CCNCC1. The fourth-order valence-electron chi connectivity index (χ4n) is 2.81. The van der Waals surface area contributed by atoms with Gasteiger partial charge in [0.1, 0.15) is 6.04 Å². The first-order chi connectivity index (χ1) is 9.02. The van der Waals surface area contributed by atoms with Crippen LogP contribution >= 0.6 is 0 Å². The fourth-order valence-corrected chi connectivity index (χ4v) is 4.32. The van der Waals surface area contributed by atoms with Crippen molar-refractivity contribution in [3.63, 3.8) is 0 Å². The molecule has 2 heterocycles. The molecule has 2 saturated heterocycles. The zero-order chi connectivity index (χ0) is 13.9. The second-order valence-electron chi connectivity index (χ2n) is 5.34. The normalized spacial score (nSPS) is 29.0. The van der Waals surface area contributed by atoms with Crippen molar-refractivity contribution in [2.24, 2.45) is 5.92 Å². The van der Waals surface area contributed by atoms with Crippen LogP contribution in [0.1, 0.15) is 12.8 Å². The Hall–Kier alpha value is -0.660. The van der Waals surface area contributed by atoms with Crippen LogP contribution < -0.4 is 5.32 Å². The third kappa shape index (κ3) is 3.90. The molecule has 1 atom stereocenters. The minimum atomic E-state index is -3.12. The predicted octanol–water partition coefficient (Wildman–Crippen LogP) is -0.742. The number of hydrogen-bond donors (Lipinski definition) is 1. The number of methoxy groups -OCH3 is 1. The van der Waals surface area contributed by atoms with Gasteiger partial charge in [0.2, 0.25) is 0 Å². The molecule has 0 saturated carbocycles. The van der Waals surface area contributed by atoms with E-state index >= 15 is 0 Å². The van der Waals surface area contributed by atoms with Gasteiger partial charge in [0.05, 0.1) is 18.6 Å². The van der Waals surface area contributed by atoms with Crippen molar-refractivity contribution < 1.29 is 17.9 Å². The smallest absolute Gasteiger partial charge is 0.324 e. The molecule has 2 aliphatic rings. The Morgan fingerprint density at radius 2 is 2.05 bits per heavy atom. The Morgan fingerprint density at radius 3 is 2.68 bits per heavy atom. The van der Waals surface area contributed by atoms with Crippen LogP contribution in [0.4, 0.5) is 0 Å². The van der Waals surface area contributed by atoms with Gasteiger partial charge in [0.25, 0.3) is 0 Å². The zero-order valence-electron chi connectivity index (χ0n) is 11.3. The molecule has 1 N–H and O–H groups in total. The summed E-state index contributed by atoms with van der Waals surface area (Å²) in [5.41, 5.74) is 0. The summed E-state index contributed by atoms with van der Waals surface area (Å²) in [6, 6.07) is -0.626. The molecule has 0 aliphatic carbocycles. The van der Waals surface area contributed by atoms with E-state index in [1.807, 2.05) is 4.90 Å². The van der Waals surface area contributed by atoms with Gasteiger partial charge in [-0.2, -0.15) is 0 Å². The summed E-state index contributed by atoms with van der Waals surface area (Å²) in [4.78, 5) is 13.8. The summed E-state index contributed by atoms with van der Waals surface area (Å²) < 4.78 is 28.1. The topological polar surface area (TPSA) is 75.7 Å². The highest BCUT2D eigenvalue weighted by Crippen LogP contribution is 2.19. The van der Waals surface area contributed by atoms with Gasteiger partial charge in [-0.05, 0) is 31.8 Å². The molecule has 2 fully saturated rings. The molecule has 0 amide bonds. The summed E-state index contributed by atoms with van der Waals surface area (Å²) >= 11 is 0. The van der Waals surface area contributed by atoms with Gasteiger partial charge >= 0.3 is 5.97 Å². The quantitative estimate of drug-likeness (QED) is 0.690. The highest BCUT2D eigenvalue weighted by atomic mass is 32.2. The Morgan fingerprint density at radius 1 is 1.37 bits per heavy atom. The van der Waals surface area contributed by atoms with Crippen molar-refractivity contribution in [3.8, 4) is 0 Å². The number of carbonyl (C=O) groups excluding carboxylic acids is 1. The third-order valence-corrected chi connectivity index (χ3v) is 5.59. The molecular formula is C12H22N2O4S. The van der Waals surface area contributed by atoms with E-state index in [4.69, 9.17) is 4.74 Å². The van der Waals surface area contributed by atoms with E-state index in [0.717, 1.165) is 32.5 Å². The van der Waals surface area contributed by atoms with Crippen molar-refractivity contribution in [3.05, 3.63) is 0 Å². The minimum absolute atomic E-state index is 0.107. The summed E-state index contributed by atoms with van der Waals surface area (Å²) in [5, 5.41) is 3.30. The summed E-state index contributed by atoms with van der Waals surface area (Å²) in [6.07, 6.45) is 2.16. The first kappa shape index (κ1) is 14.7. The van der Waals surface area contributed by atoms with Gasteiger partial charge in [-0.25, -0.2) is 8.42 Å². The molecule has 6 nitrogen and oxygen atoms in total. The molecule has 2 aliphatic heterocycles. The van der Waals surface area contributed by atoms with E-state index < -0.39 is 21.8 Å². The van der Waals surface area contributed by atoms with Crippen LogP contribution in [0.2, 0.25) is 0 Å². The lowest BCUT2D eigenvalue weighted by Crippen LogP contribution is -2.54. The van der Waals surface area contributed by atoms with Crippen LogP contribution in [-0.2, 0) is 19.4 Å². The first-order valence-electron chi connectivity index (χ1n) is 6.75. The Labute approximate surface area is 114 Å². The van der Waals surface area contributed by atoms with Gasteiger partial charge in [-0.1, -0.05) is 0 Å². The summed E-state index contributed by atoms with van der Waals surface area (Å²) in [6.45, 7) is 3.22. The Balaban J connectivity index is 2.02. The minimum Gasteiger partial charge on any atom is -0.468 e. The van der Waals surface area contributed by atoms with E-state index in [-0.39, 0.29) is 11.5 Å². The van der Waals surface area contributed by atoms with Crippen LogP contribution in [0, 0.1) is 5.92 Å². The molecule has 0 aromatic carbocycles. The number of nitrogens with one attached hydrogen (secondary N) is 1. The van der Waals surface area contributed by atoms with E-state index in [1.54, 1.807) is 0 Å². The van der Waals surface area contributed by atoms with Crippen LogP contribution in [0.5, 0.6) is 0 Å². The number of hydrogen-bond acceptors (Lipinski definition) is 6. The largest absolute Gasteiger partial charge is 0.468 e. The zero-order valence-corrected chi connectivity index (χ0v) is 12.1. The third-order valence-electron chi connectivity index (χ3n) is 3.97. The maximum absolute atomic E-state index is 11.8. The molecule has 0 bridgehead atoms. The Bertz CT molecular complexity index is 417. The van der Waals surface area contributed by atoms with Crippen molar-refractivity contribution >= 4 is 15.8 Å². The summed E-state index contributed by atoms with van der Waals surface area (Å²) in [5.74, 6) is 0.141. The highest BCUT2D eigenvalue weighted by molar-refractivity contribution is 7.91. The number of sulfone groups is 1. The molecule has 110 valence electrons. The van der Waals surface area contributed by atoms with Gasteiger partial charge < -0.3 is 10.1 Å². The lowest BCUT2D eigenvalue weighted by Gasteiger charge is -2.36. The number of rotatable bonds is 3. The first-order valence-corrected chi connectivity index (χ1v) is 8.57. The van der Waals surface area contributed by atoms with Crippen molar-refractivity contribution in [2.75, 3.05) is 44.8 Å². The molecule has 0 aromatic heterocycles. The molecule has 7 heteroatoms. The van der Waals surface area contributed by atoms with E-state index in [1.165, 1.54) is 7.11 Å². The van der Waals surface area contributed by atoms with Crippen LogP contribution in [0.3, 0.4) is 0 Å². The molecule has 0 unspecified atom stereocenters. The monoisotopic (exact) mass is 290 g/mol. The second-order valence-corrected chi connectivity index (χ2v) is 7.57. The molecular weight excluding hydrogens is 268 g/mol. The fraction of sp³-hybridized carbons (Fsp3) is 0.917. The highest BCUT2D eigenvalue weighted by Gasteiger charge is 2.37. The van der Waals surface area contributed by atoms with Gasteiger partial charge in [-0.3, -0.25) is 9.69 Å². The number of ether oxygens (including phenoxy) is 1. The molecule has 0 radical (unpaired) electrons. The average molecular weight is 290 g/mol. The second kappa shape index (κ2) is 6.19. The maximum atomic E-state index is 11.8. The lowest BCUT2D eigenvalue weighted by atomic mass is 9.97. The van der Waals surface area contributed by atoms with E-state index in [9.17, 15) is 13.2 Å². The van der Waals surface area contributed by atoms with Crippen molar-refractivity contribution in [1.29, 1.82) is 0 Å². The van der Waals surface area contributed by atoms with E-state index in [0.29, 0.717) is 12.5 Å². The molecule has 2 rings (SSSR count). The predicted molar refractivity (Wildman–Crippen MR) is 71.6 cm³/mol. The number of piperidine rings is 1. The maximum Gasteiger partial charge on any atom is 0.324 e. The number of carbonyl (C=O) groups is 1. The van der Waals surface area contributed by atoms with Crippen LogP contribution in [0.15, 0.2) is 0 Å². The molecule has 19 heavy (non-hydrogen) atoms. The van der Waals surface area contributed by atoms with Gasteiger partial charge in [0, 0.05) is 13.1 Å². The Kier molecular flexibility index (Phi) is 4.81. The van der Waals surface area contributed by atoms with E-state index in [2.05, 4.69) is 5.32 Å². The van der Waals surface area contributed by atoms with Crippen LogP contribution in [-0.4, -0.2) is 70.1 Å².